The van der Waals surface area contributed by atoms with Gasteiger partial charge >= 0.3 is 0 Å². The summed E-state index contributed by atoms with van der Waals surface area (Å²) in [5.41, 5.74) is 5.30. The van der Waals surface area contributed by atoms with Crippen LogP contribution in [0.3, 0.4) is 0 Å². The molecule has 0 nitrogen and oxygen atoms in total. The third-order valence-electron chi connectivity index (χ3n) is 5.21. The Hall–Kier alpha value is -2.00. The molecule has 0 radical (unpaired) electrons. The smallest absolute Gasteiger partial charge is 0.0245 e. The third-order valence-corrected chi connectivity index (χ3v) is 5.21. The number of rotatable bonds is 3. The summed E-state index contributed by atoms with van der Waals surface area (Å²) in [5.74, 6) is 8.39. The summed E-state index contributed by atoms with van der Waals surface area (Å²) >= 11 is 0. The van der Waals surface area contributed by atoms with Crippen molar-refractivity contribution in [2.75, 3.05) is 0 Å². The van der Waals surface area contributed by atoms with Crippen LogP contribution < -0.4 is 0 Å². The Labute approximate surface area is 147 Å². The molecule has 0 bridgehead atoms. The lowest BCUT2D eigenvalue weighted by Gasteiger charge is -2.21. The van der Waals surface area contributed by atoms with Crippen molar-refractivity contribution in [3.8, 4) is 11.8 Å². The van der Waals surface area contributed by atoms with E-state index < -0.39 is 0 Å². The van der Waals surface area contributed by atoms with Crippen molar-refractivity contribution in [3.05, 3.63) is 70.8 Å². The van der Waals surface area contributed by atoms with Crippen molar-refractivity contribution < 1.29 is 0 Å². The predicted molar refractivity (Wildman–Crippen MR) is 103 cm³/mol. The average Bonchev–Trinajstić information content (AvgIpc) is 2.62. The summed E-state index contributed by atoms with van der Waals surface area (Å²) in [5, 5.41) is 0. The fraction of sp³-hybridized carbons (Fsp3) is 0.417. The lowest BCUT2D eigenvalue weighted by Crippen LogP contribution is -2.10. The van der Waals surface area contributed by atoms with Gasteiger partial charge in [-0.05, 0) is 74.6 Å². The Morgan fingerprint density at radius 2 is 1.33 bits per heavy atom. The molecule has 0 heteroatoms. The molecule has 3 rings (SSSR count). The van der Waals surface area contributed by atoms with Crippen LogP contribution in [0.5, 0.6) is 0 Å². The van der Waals surface area contributed by atoms with Crippen molar-refractivity contribution in [1.29, 1.82) is 0 Å². The van der Waals surface area contributed by atoms with Gasteiger partial charge in [0.25, 0.3) is 0 Å². The summed E-state index contributed by atoms with van der Waals surface area (Å²) in [7, 11) is 0. The second kappa shape index (κ2) is 8.20. The monoisotopic (exact) mass is 316 g/mol. The van der Waals surface area contributed by atoms with Crippen molar-refractivity contribution in [2.45, 2.75) is 52.4 Å². The number of benzene rings is 2. The largest absolute Gasteiger partial charge is 0.0945 e. The van der Waals surface area contributed by atoms with Crippen molar-refractivity contribution in [1.82, 2.24) is 0 Å². The van der Waals surface area contributed by atoms with Gasteiger partial charge in [-0.25, -0.2) is 0 Å². The number of hydrogen-bond acceptors (Lipinski definition) is 0. The van der Waals surface area contributed by atoms with E-state index >= 15 is 0 Å². The maximum absolute atomic E-state index is 3.49. The highest BCUT2D eigenvalue weighted by Crippen LogP contribution is 2.27. The van der Waals surface area contributed by atoms with Gasteiger partial charge in [0.05, 0.1) is 0 Å². The molecule has 0 aliphatic heterocycles. The predicted octanol–water partition coefficient (Wildman–Crippen LogP) is 5.96. The van der Waals surface area contributed by atoms with E-state index in [1.54, 1.807) is 0 Å². The van der Waals surface area contributed by atoms with Crippen molar-refractivity contribution in [2.24, 2.45) is 11.8 Å². The van der Waals surface area contributed by atoms with Gasteiger partial charge in [0.2, 0.25) is 0 Å². The van der Waals surface area contributed by atoms with Gasteiger partial charge in [-0.15, -0.1) is 0 Å². The van der Waals surface area contributed by atoms with Gasteiger partial charge < -0.3 is 0 Å². The second-order valence-corrected chi connectivity index (χ2v) is 7.41. The zero-order valence-electron chi connectivity index (χ0n) is 15.0. The van der Waals surface area contributed by atoms with Gasteiger partial charge in [-0.3, -0.25) is 0 Å². The minimum atomic E-state index is 0.613. The Bertz CT molecular complexity index is 686. The van der Waals surface area contributed by atoms with E-state index in [9.17, 15) is 0 Å². The summed E-state index contributed by atoms with van der Waals surface area (Å²) in [6.45, 7) is 4.50. The molecule has 0 heterocycles. The van der Waals surface area contributed by atoms with E-state index in [2.05, 4.69) is 74.2 Å². The first-order valence-electron chi connectivity index (χ1n) is 9.35. The molecule has 1 saturated carbocycles. The fourth-order valence-electron chi connectivity index (χ4n) is 3.39. The SMILES string of the molecule is Cc1ccc(CCc2ccc(C#CC3CCC(C)CC3)cc2)cc1. The van der Waals surface area contributed by atoms with Gasteiger partial charge in [0, 0.05) is 11.5 Å². The maximum Gasteiger partial charge on any atom is 0.0245 e. The molecule has 2 aromatic carbocycles. The quantitative estimate of drug-likeness (QED) is 0.613. The Morgan fingerprint density at radius 3 is 1.92 bits per heavy atom. The standard InChI is InChI=1S/C24H28/c1-19-3-7-21(8-4-19)11-13-23-15-17-24(18-16-23)14-12-22-9-5-20(2)6-10-22/h3-4,7-8,15-18,20,22H,5-6,9-11,13H2,1-2H3. The molecule has 1 aliphatic carbocycles. The van der Waals surface area contributed by atoms with E-state index in [-0.39, 0.29) is 0 Å². The molecule has 0 saturated heterocycles. The highest BCUT2D eigenvalue weighted by Gasteiger charge is 2.15. The molecule has 0 amide bonds. The number of aryl methyl sites for hydroxylation is 3. The van der Waals surface area contributed by atoms with E-state index in [0.29, 0.717) is 5.92 Å². The van der Waals surface area contributed by atoms with Crippen LogP contribution in [-0.4, -0.2) is 0 Å². The lowest BCUT2D eigenvalue weighted by atomic mass is 9.83. The molecule has 0 N–H and O–H groups in total. The topological polar surface area (TPSA) is 0 Å². The van der Waals surface area contributed by atoms with Gasteiger partial charge in [0.15, 0.2) is 0 Å². The first kappa shape index (κ1) is 16.8. The zero-order valence-corrected chi connectivity index (χ0v) is 15.0. The minimum absolute atomic E-state index is 0.613. The lowest BCUT2D eigenvalue weighted by molar-refractivity contribution is 0.337. The second-order valence-electron chi connectivity index (χ2n) is 7.41. The van der Waals surface area contributed by atoms with Crippen LogP contribution in [0, 0.1) is 30.6 Å². The van der Waals surface area contributed by atoms with Crippen molar-refractivity contribution in [3.63, 3.8) is 0 Å². The van der Waals surface area contributed by atoms with E-state index in [1.165, 1.54) is 42.4 Å². The summed E-state index contributed by atoms with van der Waals surface area (Å²) in [6, 6.07) is 17.7. The van der Waals surface area contributed by atoms with Gasteiger partial charge in [-0.2, -0.15) is 0 Å². The van der Waals surface area contributed by atoms with Crippen molar-refractivity contribution >= 4 is 0 Å². The average molecular weight is 316 g/mol. The van der Waals surface area contributed by atoms with Crippen LogP contribution >= 0.6 is 0 Å². The van der Waals surface area contributed by atoms with Crippen LogP contribution in [0.15, 0.2) is 48.5 Å². The van der Waals surface area contributed by atoms with Gasteiger partial charge in [0.1, 0.15) is 0 Å². The number of hydrogen-bond donors (Lipinski definition) is 0. The maximum atomic E-state index is 3.49. The summed E-state index contributed by atoms with van der Waals surface area (Å²) in [6.07, 6.45) is 7.45. The zero-order chi connectivity index (χ0) is 16.8. The highest BCUT2D eigenvalue weighted by atomic mass is 14.2. The highest BCUT2D eigenvalue weighted by molar-refractivity contribution is 5.37. The summed E-state index contributed by atoms with van der Waals surface area (Å²) in [4.78, 5) is 0. The Morgan fingerprint density at radius 1 is 0.792 bits per heavy atom. The first-order chi connectivity index (χ1) is 11.7. The van der Waals surface area contributed by atoms with E-state index in [1.807, 2.05) is 0 Å². The van der Waals surface area contributed by atoms with Crippen LogP contribution in [0.4, 0.5) is 0 Å². The Balaban J connectivity index is 1.53. The van der Waals surface area contributed by atoms with Crippen LogP contribution in [0.2, 0.25) is 0 Å². The van der Waals surface area contributed by atoms with Gasteiger partial charge in [-0.1, -0.05) is 60.7 Å². The molecular formula is C24H28. The first-order valence-corrected chi connectivity index (χ1v) is 9.35. The molecular weight excluding hydrogens is 288 g/mol. The molecule has 2 aromatic rings. The fourth-order valence-corrected chi connectivity index (χ4v) is 3.39. The molecule has 1 fully saturated rings. The molecule has 0 aromatic heterocycles. The van der Waals surface area contributed by atoms with Crippen LogP contribution in [0.25, 0.3) is 0 Å². The summed E-state index contributed by atoms with van der Waals surface area (Å²) < 4.78 is 0. The molecule has 0 atom stereocenters. The Kier molecular flexibility index (Phi) is 5.76. The molecule has 24 heavy (non-hydrogen) atoms. The van der Waals surface area contributed by atoms with Crippen LogP contribution in [0.1, 0.15) is 54.9 Å². The minimum Gasteiger partial charge on any atom is -0.0945 e. The molecule has 1 aliphatic rings. The van der Waals surface area contributed by atoms with E-state index in [4.69, 9.17) is 0 Å². The third kappa shape index (κ3) is 5.00. The molecule has 0 spiro atoms. The molecule has 0 unspecified atom stereocenters. The molecule has 124 valence electrons. The normalized spacial score (nSPS) is 20.2. The van der Waals surface area contributed by atoms with E-state index in [0.717, 1.165) is 24.3 Å². The van der Waals surface area contributed by atoms with Crippen LogP contribution in [-0.2, 0) is 12.8 Å².